The molecule has 22 heavy (non-hydrogen) atoms. The number of nitro benzene ring substituents is 1. The van der Waals surface area contributed by atoms with Gasteiger partial charge in [-0.1, -0.05) is 11.6 Å². The molecule has 0 aromatic heterocycles. The third kappa shape index (κ3) is 3.49. The minimum absolute atomic E-state index is 0.0509. The molecule has 2 aromatic carbocycles. The largest absolute Gasteiger partial charge is 0.507 e. The Morgan fingerprint density at radius 2 is 1.91 bits per heavy atom. The number of phenols is 1. The summed E-state index contributed by atoms with van der Waals surface area (Å²) in [5, 5.41) is 20.0. The van der Waals surface area contributed by atoms with Gasteiger partial charge < -0.3 is 5.11 Å². The fraction of sp³-hybridized carbons (Fsp3) is 0. The van der Waals surface area contributed by atoms with Crippen molar-refractivity contribution in [2.45, 2.75) is 4.90 Å². The number of benzene rings is 2. The first-order valence-corrected chi connectivity index (χ1v) is 8.31. The Bertz CT molecular complexity index is 857. The van der Waals surface area contributed by atoms with Crippen LogP contribution in [0.5, 0.6) is 5.75 Å². The highest BCUT2D eigenvalue weighted by atomic mass is 79.9. The van der Waals surface area contributed by atoms with Crippen LogP contribution in [-0.4, -0.2) is 18.4 Å². The van der Waals surface area contributed by atoms with Crippen molar-refractivity contribution in [2.75, 3.05) is 4.72 Å². The van der Waals surface area contributed by atoms with Gasteiger partial charge in [0.25, 0.3) is 15.7 Å². The van der Waals surface area contributed by atoms with Crippen molar-refractivity contribution in [2.24, 2.45) is 0 Å². The van der Waals surface area contributed by atoms with Gasteiger partial charge in [0.05, 0.1) is 20.0 Å². The molecule has 0 saturated carbocycles. The van der Waals surface area contributed by atoms with Crippen molar-refractivity contribution < 1.29 is 18.4 Å². The van der Waals surface area contributed by atoms with Gasteiger partial charge in [0.2, 0.25) is 0 Å². The highest BCUT2D eigenvalue weighted by Crippen LogP contribution is 2.30. The van der Waals surface area contributed by atoms with Crippen LogP contribution in [0.25, 0.3) is 0 Å². The van der Waals surface area contributed by atoms with E-state index >= 15 is 0 Å². The molecule has 0 radical (unpaired) electrons. The Kier molecular flexibility index (Phi) is 4.59. The maximum Gasteiger partial charge on any atom is 0.289 e. The fourth-order valence-electron chi connectivity index (χ4n) is 1.58. The molecule has 0 bridgehead atoms. The van der Waals surface area contributed by atoms with Gasteiger partial charge >= 0.3 is 0 Å². The zero-order valence-electron chi connectivity index (χ0n) is 10.7. The second kappa shape index (κ2) is 6.11. The molecule has 10 heteroatoms. The highest BCUT2D eigenvalue weighted by Gasteiger charge is 2.21. The number of halogens is 2. The second-order valence-corrected chi connectivity index (χ2v) is 7.09. The average molecular weight is 408 g/mol. The lowest BCUT2D eigenvalue weighted by atomic mass is 10.3. The third-order valence-electron chi connectivity index (χ3n) is 2.62. The number of aromatic hydroxyl groups is 1. The van der Waals surface area contributed by atoms with Crippen molar-refractivity contribution in [1.29, 1.82) is 0 Å². The Hall–Kier alpha value is -1.84. The molecule has 0 fully saturated rings. The molecular weight excluding hydrogens is 400 g/mol. The van der Waals surface area contributed by atoms with E-state index in [0.717, 1.165) is 18.2 Å². The van der Waals surface area contributed by atoms with Crippen LogP contribution >= 0.6 is 27.5 Å². The number of nitrogens with one attached hydrogen (secondary N) is 1. The Morgan fingerprint density at radius 3 is 2.50 bits per heavy atom. The molecular formula is C12H8BrClN2O5S. The standard InChI is InChI=1S/C12H8BrClN2O5S/c13-9-5-7(1-4-12(9)17)15-22(20,21)8-2-3-10(14)11(6-8)16(18)19/h1-6,15,17H. The van der Waals surface area contributed by atoms with Gasteiger partial charge in [0, 0.05) is 6.07 Å². The van der Waals surface area contributed by atoms with Crippen LogP contribution in [0, 0.1) is 10.1 Å². The number of anilines is 1. The SMILES string of the molecule is O=[N+]([O-])c1cc(S(=O)(=O)Nc2ccc(O)c(Br)c2)ccc1Cl. The molecule has 0 amide bonds. The van der Waals surface area contributed by atoms with Crippen LogP contribution in [0.3, 0.4) is 0 Å². The summed E-state index contributed by atoms with van der Waals surface area (Å²) in [6, 6.07) is 7.18. The number of nitrogens with zero attached hydrogens (tertiary/aromatic N) is 1. The number of hydrogen-bond acceptors (Lipinski definition) is 5. The van der Waals surface area contributed by atoms with E-state index in [4.69, 9.17) is 11.6 Å². The number of phenolic OH excluding ortho intramolecular Hbond substituents is 1. The normalized spacial score (nSPS) is 11.2. The third-order valence-corrected chi connectivity index (χ3v) is 4.96. The van der Waals surface area contributed by atoms with E-state index in [1.54, 1.807) is 0 Å². The van der Waals surface area contributed by atoms with Crippen LogP contribution in [0.15, 0.2) is 45.8 Å². The fourth-order valence-corrected chi connectivity index (χ4v) is 3.22. The van der Waals surface area contributed by atoms with Gasteiger partial charge in [-0.2, -0.15) is 0 Å². The predicted molar refractivity (Wildman–Crippen MR) is 84.7 cm³/mol. The summed E-state index contributed by atoms with van der Waals surface area (Å²) in [6.07, 6.45) is 0. The van der Waals surface area contributed by atoms with Gasteiger partial charge in [-0.15, -0.1) is 0 Å². The molecule has 7 nitrogen and oxygen atoms in total. The smallest absolute Gasteiger partial charge is 0.289 e. The van der Waals surface area contributed by atoms with E-state index in [2.05, 4.69) is 20.7 Å². The summed E-state index contributed by atoms with van der Waals surface area (Å²) >= 11 is 8.71. The summed E-state index contributed by atoms with van der Waals surface area (Å²) in [5.74, 6) is -0.0509. The molecule has 0 heterocycles. The molecule has 116 valence electrons. The topological polar surface area (TPSA) is 110 Å². The molecule has 2 aromatic rings. The van der Waals surface area contributed by atoms with Crippen LogP contribution in [0.2, 0.25) is 5.02 Å². The number of nitro groups is 1. The molecule has 2 rings (SSSR count). The lowest BCUT2D eigenvalue weighted by Gasteiger charge is -2.09. The molecule has 0 aliphatic heterocycles. The number of rotatable bonds is 4. The van der Waals surface area contributed by atoms with Gasteiger partial charge in [0.15, 0.2) is 0 Å². The highest BCUT2D eigenvalue weighted by molar-refractivity contribution is 9.10. The van der Waals surface area contributed by atoms with E-state index in [-0.39, 0.29) is 21.4 Å². The first-order chi connectivity index (χ1) is 10.2. The minimum Gasteiger partial charge on any atom is -0.507 e. The zero-order chi connectivity index (χ0) is 16.5. The van der Waals surface area contributed by atoms with Crippen molar-refractivity contribution in [3.63, 3.8) is 0 Å². The maximum absolute atomic E-state index is 12.2. The zero-order valence-corrected chi connectivity index (χ0v) is 13.8. The molecule has 2 N–H and O–H groups in total. The Balaban J connectivity index is 2.40. The monoisotopic (exact) mass is 406 g/mol. The van der Waals surface area contributed by atoms with E-state index in [9.17, 15) is 23.6 Å². The average Bonchev–Trinajstić information content (AvgIpc) is 2.42. The summed E-state index contributed by atoms with van der Waals surface area (Å²) in [7, 11) is -4.03. The van der Waals surface area contributed by atoms with Crippen LogP contribution in [0.1, 0.15) is 0 Å². The molecule has 0 atom stereocenters. The molecule has 0 spiro atoms. The summed E-state index contributed by atoms with van der Waals surface area (Å²) < 4.78 is 27.0. The Labute approximate surface area is 138 Å². The molecule has 0 unspecified atom stereocenters. The Morgan fingerprint density at radius 1 is 1.23 bits per heavy atom. The van der Waals surface area contributed by atoms with Crippen LogP contribution in [0.4, 0.5) is 11.4 Å². The summed E-state index contributed by atoms with van der Waals surface area (Å²) in [5.41, 5.74) is -0.321. The minimum atomic E-state index is -4.03. The first kappa shape index (κ1) is 16.5. The van der Waals surface area contributed by atoms with Crippen molar-refractivity contribution in [1.82, 2.24) is 0 Å². The summed E-state index contributed by atoms with van der Waals surface area (Å²) in [4.78, 5) is 9.75. The van der Waals surface area contributed by atoms with E-state index < -0.39 is 20.6 Å². The van der Waals surface area contributed by atoms with E-state index in [1.165, 1.54) is 18.2 Å². The van der Waals surface area contributed by atoms with Crippen LogP contribution in [-0.2, 0) is 10.0 Å². The number of sulfonamides is 1. The van der Waals surface area contributed by atoms with E-state index in [0.29, 0.717) is 4.47 Å². The number of hydrogen-bond donors (Lipinski definition) is 2. The lowest BCUT2D eigenvalue weighted by Crippen LogP contribution is -2.13. The van der Waals surface area contributed by atoms with Crippen molar-refractivity contribution >= 4 is 48.9 Å². The van der Waals surface area contributed by atoms with Gasteiger partial charge in [-0.25, -0.2) is 8.42 Å². The lowest BCUT2D eigenvalue weighted by molar-refractivity contribution is -0.384. The quantitative estimate of drug-likeness (QED) is 0.458. The predicted octanol–water partition coefficient (Wildman–Crippen LogP) is 3.52. The van der Waals surface area contributed by atoms with Gasteiger partial charge in [-0.3, -0.25) is 14.8 Å². The van der Waals surface area contributed by atoms with Crippen LogP contribution < -0.4 is 4.72 Å². The summed E-state index contributed by atoms with van der Waals surface area (Å²) in [6.45, 7) is 0. The second-order valence-electron chi connectivity index (χ2n) is 4.14. The van der Waals surface area contributed by atoms with E-state index in [1.807, 2.05) is 0 Å². The van der Waals surface area contributed by atoms with Gasteiger partial charge in [0.1, 0.15) is 10.8 Å². The van der Waals surface area contributed by atoms with Crippen molar-refractivity contribution in [3.05, 3.63) is 56.0 Å². The molecule has 0 aliphatic rings. The first-order valence-electron chi connectivity index (χ1n) is 5.66. The maximum atomic E-state index is 12.2. The van der Waals surface area contributed by atoms with Crippen molar-refractivity contribution in [3.8, 4) is 5.75 Å². The van der Waals surface area contributed by atoms with Gasteiger partial charge in [-0.05, 0) is 46.3 Å². The molecule has 0 saturated heterocycles. The molecule has 0 aliphatic carbocycles.